The van der Waals surface area contributed by atoms with Crippen molar-refractivity contribution < 1.29 is 36.3 Å². The smallest absolute Gasteiger partial charge is 0.378 e. The summed E-state index contributed by atoms with van der Waals surface area (Å²) < 4.78 is 64.6. The number of carbonyl (C=O) groups excluding carboxylic acids is 3. The first-order valence-electron chi connectivity index (χ1n) is 13.1. The third-order valence-corrected chi connectivity index (χ3v) is 7.78. The van der Waals surface area contributed by atoms with Crippen LogP contribution in [0, 0.1) is 5.92 Å². The van der Waals surface area contributed by atoms with E-state index in [2.05, 4.69) is 15.2 Å². The number of nitrogens with zero attached hydrogens (tertiary/aromatic N) is 2. The molecule has 2 atom stereocenters. The number of carbonyl (C=O) groups is 3. The number of halogens is 5. The van der Waals surface area contributed by atoms with Crippen LogP contribution in [0.15, 0.2) is 36.5 Å². The maximum absolute atomic E-state index is 13.4. The van der Waals surface area contributed by atoms with Gasteiger partial charge in [0.1, 0.15) is 5.82 Å². The summed E-state index contributed by atoms with van der Waals surface area (Å²) in [5, 5.41) is 4.84. The van der Waals surface area contributed by atoms with Crippen LogP contribution < -0.4 is 21.3 Å². The van der Waals surface area contributed by atoms with Crippen molar-refractivity contribution in [3.8, 4) is 0 Å². The Morgan fingerprint density at radius 1 is 0.950 bits per heavy atom. The molecule has 5 rings (SSSR count). The Morgan fingerprint density at radius 3 is 2.15 bits per heavy atom. The lowest BCUT2D eigenvalue weighted by molar-refractivity contribution is -0.275. The van der Waals surface area contributed by atoms with E-state index >= 15 is 0 Å². The van der Waals surface area contributed by atoms with Gasteiger partial charge in [-0.3, -0.25) is 14.4 Å². The monoisotopic (exact) mass is 565 g/mol. The van der Waals surface area contributed by atoms with Crippen molar-refractivity contribution in [2.24, 2.45) is 11.7 Å². The SMILES string of the molecule is NC(=O)c1ccc(C(=O)NC2CC3CCC(C2)N3c2ccc(C(=O)C3CC3)cn2)cc1NCC(F)(F)C(F)(F)F. The van der Waals surface area contributed by atoms with Gasteiger partial charge in [0.2, 0.25) is 0 Å². The lowest BCUT2D eigenvalue weighted by Gasteiger charge is -2.40. The van der Waals surface area contributed by atoms with Gasteiger partial charge in [-0.2, -0.15) is 22.0 Å². The van der Waals surface area contributed by atoms with Gasteiger partial charge in [0.25, 0.3) is 11.8 Å². The number of Topliss-reactive ketones (excluding diaryl/α,β-unsaturated/α-hetero) is 1. The number of benzene rings is 1. The highest BCUT2D eigenvalue weighted by atomic mass is 19.4. The highest BCUT2D eigenvalue weighted by Gasteiger charge is 2.57. The standard InChI is InChI=1S/C27H28F5N5O3/c28-26(29,27(30,31)32)13-35-21-9-15(3-7-20(21)24(33)39)25(40)36-17-10-18-5-6-19(11-17)37(18)22-8-4-16(12-34-22)23(38)14-1-2-14/h3-4,7-9,12,14,17-19,35H,1-2,5-6,10-11,13H2,(H2,33,39)(H,36,40). The summed E-state index contributed by atoms with van der Waals surface area (Å²) in [6.45, 7) is -1.83. The number of piperidine rings is 1. The fourth-order valence-corrected chi connectivity index (χ4v) is 5.56. The van der Waals surface area contributed by atoms with Gasteiger partial charge in [-0.15, -0.1) is 0 Å². The molecular weight excluding hydrogens is 537 g/mol. The number of fused-ring (bicyclic) bond motifs is 2. The molecule has 1 aliphatic carbocycles. The fourth-order valence-electron chi connectivity index (χ4n) is 5.56. The zero-order valence-corrected chi connectivity index (χ0v) is 21.3. The van der Waals surface area contributed by atoms with E-state index < -0.39 is 36.1 Å². The van der Waals surface area contributed by atoms with Crippen LogP contribution in [0.25, 0.3) is 0 Å². The molecule has 2 bridgehead atoms. The van der Waals surface area contributed by atoms with Crippen LogP contribution in [-0.2, 0) is 0 Å². The molecule has 3 heterocycles. The summed E-state index contributed by atoms with van der Waals surface area (Å²) in [6, 6.07) is 7.10. The molecule has 0 spiro atoms. The quantitative estimate of drug-likeness (QED) is 0.308. The molecule has 2 unspecified atom stereocenters. The highest BCUT2D eigenvalue weighted by Crippen LogP contribution is 2.39. The normalized spacial score (nSPS) is 22.6. The summed E-state index contributed by atoms with van der Waals surface area (Å²) in [4.78, 5) is 43.8. The van der Waals surface area contributed by atoms with Gasteiger partial charge in [0.15, 0.2) is 5.78 Å². The molecule has 1 saturated carbocycles. The molecule has 3 fully saturated rings. The molecule has 0 radical (unpaired) electrons. The first-order chi connectivity index (χ1) is 18.8. The number of ketones is 1. The first-order valence-corrected chi connectivity index (χ1v) is 13.1. The molecule has 13 heteroatoms. The maximum Gasteiger partial charge on any atom is 0.455 e. The van der Waals surface area contributed by atoms with Crippen molar-refractivity contribution in [2.75, 3.05) is 16.8 Å². The topological polar surface area (TPSA) is 117 Å². The van der Waals surface area contributed by atoms with Gasteiger partial charge in [-0.1, -0.05) is 0 Å². The number of anilines is 2. The lowest BCUT2D eigenvalue weighted by Crippen LogP contribution is -2.50. The van der Waals surface area contributed by atoms with E-state index in [4.69, 9.17) is 5.73 Å². The molecule has 40 heavy (non-hydrogen) atoms. The Morgan fingerprint density at radius 2 is 1.60 bits per heavy atom. The minimum Gasteiger partial charge on any atom is -0.378 e. The average molecular weight is 566 g/mol. The number of amides is 2. The zero-order valence-electron chi connectivity index (χ0n) is 21.3. The highest BCUT2D eigenvalue weighted by molar-refractivity contribution is 6.02. The number of rotatable bonds is 9. The van der Waals surface area contributed by atoms with Gasteiger partial charge >= 0.3 is 12.1 Å². The second-order valence-electron chi connectivity index (χ2n) is 10.7. The van der Waals surface area contributed by atoms with Crippen LogP contribution in [0.3, 0.4) is 0 Å². The Hall–Kier alpha value is -3.77. The van der Waals surface area contributed by atoms with E-state index in [0.29, 0.717) is 18.4 Å². The third kappa shape index (κ3) is 5.59. The number of alkyl halides is 5. The molecule has 3 aliphatic rings. The Bertz CT molecular complexity index is 1300. The maximum atomic E-state index is 13.4. The Labute approximate surface area is 226 Å². The summed E-state index contributed by atoms with van der Waals surface area (Å²) in [5.41, 5.74) is 5.11. The van der Waals surface area contributed by atoms with Crippen molar-refractivity contribution in [1.82, 2.24) is 10.3 Å². The van der Waals surface area contributed by atoms with Crippen LogP contribution in [0.5, 0.6) is 0 Å². The number of hydrogen-bond donors (Lipinski definition) is 3. The molecular formula is C27H28F5N5O3. The van der Waals surface area contributed by atoms with Crippen LogP contribution in [0.4, 0.5) is 33.5 Å². The van der Waals surface area contributed by atoms with Gasteiger partial charge in [0.05, 0.1) is 12.1 Å². The first kappa shape index (κ1) is 27.8. The van der Waals surface area contributed by atoms with Crippen molar-refractivity contribution in [1.29, 1.82) is 0 Å². The average Bonchev–Trinajstić information content (AvgIpc) is 3.71. The van der Waals surface area contributed by atoms with E-state index in [0.717, 1.165) is 43.6 Å². The van der Waals surface area contributed by atoms with Crippen LogP contribution in [-0.4, -0.2) is 59.4 Å². The van der Waals surface area contributed by atoms with E-state index in [1.807, 2.05) is 17.4 Å². The molecule has 214 valence electrons. The van der Waals surface area contributed by atoms with Crippen LogP contribution >= 0.6 is 0 Å². The lowest BCUT2D eigenvalue weighted by atomic mass is 9.96. The molecule has 8 nitrogen and oxygen atoms in total. The van der Waals surface area contributed by atoms with Crippen molar-refractivity contribution in [3.05, 3.63) is 53.2 Å². The predicted octanol–water partition coefficient (Wildman–Crippen LogP) is 4.31. The molecule has 2 amide bonds. The molecule has 4 N–H and O–H groups in total. The van der Waals surface area contributed by atoms with Crippen LogP contribution in [0.1, 0.15) is 69.6 Å². The predicted molar refractivity (Wildman–Crippen MR) is 136 cm³/mol. The Balaban J connectivity index is 1.24. The van der Waals surface area contributed by atoms with Gasteiger partial charge < -0.3 is 21.3 Å². The second-order valence-corrected chi connectivity index (χ2v) is 10.7. The number of aromatic nitrogens is 1. The summed E-state index contributed by atoms with van der Waals surface area (Å²) in [7, 11) is 0. The number of nitrogens with one attached hydrogen (secondary N) is 2. The van der Waals surface area contributed by atoms with Gasteiger partial charge in [-0.25, -0.2) is 4.98 Å². The van der Waals surface area contributed by atoms with Gasteiger partial charge in [-0.05, 0) is 68.9 Å². The van der Waals surface area contributed by atoms with Crippen molar-refractivity contribution in [3.63, 3.8) is 0 Å². The molecule has 2 saturated heterocycles. The van der Waals surface area contributed by atoms with Crippen LogP contribution in [0.2, 0.25) is 0 Å². The minimum absolute atomic E-state index is 0.0183. The van der Waals surface area contributed by atoms with E-state index in [1.165, 1.54) is 6.07 Å². The van der Waals surface area contributed by atoms with Crippen molar-refractivity contribution in [2.45, 2.75) is 68.7 Å². The van der Waals surface area contributed by atoms with E-state index in [9.17, 15) is 36.3 Å². The second kappa shape index (κ2) is 10.3. The summed E-state index contributed by atoms with van der Waals surface area (Å²) in [6.07, 6.45) is 0.712. The van der Waals surface area contributed by atoms with Gasteiger partial charge in [0, 0.05) is 47.1 Å². The number of hydrogen-bond acceptors (Lipinski definition) is 6. The van der Waals surface area contributed by atoms with E-state index in [1.54, 1.807) is 6.20 Å². The Kier molecular flexibility index (Phi) is 7.17. The molecule has 1 aromatic carbocycles. The molecule has 2 aliphatic heterocycles. The zero-order chi connectivity index (χ0) is 28.8. The summed E-state index contributed by atoms with van der Waals surface area (Å²) >= 11 is 0. The van der Waals surface area contributed by atoms with Crippen molar-refractivity contribution >= 4 is 29.1 Å². The number of nitrogens with two attached hydrogens (primary N) is 1. The third-order valence-electron chi connectivity index (χ3n) is 7.78. The summed E-state index contributed by atoms with van der Waals surface area (Å²) in [5.74, 6) is -5.65. The largest absolute Gasteiger partial charge is 0.455 e. The molecule has 1 aromatic heterocycles. The fraction of sp³-hybridized carbons (Fsp3) is 0.481. The number of pyridine rings is 1. The number of primary amides is 1. The van der Waals surface area contributed by atoms with E-state index in [-0.39, 0.29) is 41.0 Å². The molecule has 2 aromatic rings. The minimum atomic E-state index is -5.79.